The number of hydrogen-bond acceptors (Lipinski definition) is 32. The van der Waals surface area contributed by atoms with Crippen molar-refractivity contribution in [2.75, 3.05) is 131 Å². The number of aliphatic carboxylic acids is 6. The van der Waals surface area contributed by atoms with Gasteiger partial charge in [-0.2, -0.15) is 0 Å². The molecule has 24 N–H and O–H groups in total. The van der Waals surface area contributed by atoms with E-state index in [9.17, 15) is 119 Å². The van der Waals surface area contributed by atoms with Crippen molar-refractivity contribution in [2.24, 2.45) is 0 Å². The van der Waals surface area contributed by atoms with E-state index in [2.05, 4.69) is 41.9 Å². The summed E-state index contributed by atoms with van der Waals surface area (Å²) < 4.78 is 0. The third kappa shape index (κ3) is 44.3. The number of carboxylic acid groups (broad SMARTS) is 6. The van der Waals surface area contributed by atoms with Crippen LogP contribution in [0.3, 0.4) is 0 Å². The fourth-order valence-electron chi connectivity index (χ4n) is 12.2. The number of aromatic nitrogens is 2. The molecule has 4 bridgehead atoms. The Morgan fingerprint density at radius 2 is 0.427 bits per heavy atom. The zero-order valence-corrected chi connectivity index (χ0v) is 68.6. The van der Waals surface area contributed by atoms with Crippen LogP contribution in [0.15, 0.2) is 36.4 Å². The third-order valence-electron chi connectivity index (χ3n) is 18.6. The summed E-state index contributed by atoms with van der Waals surface area (Å²) in [6.45, 7) is -6.26. The fourth-order valence-corrected chi connectivity index (χ4v) is 12.2. The molecule has 0 spiro atoms. The van der Waals surface area contributed by atoms with E-state index in [4.69, 9.17) is 30.6 Å². The van der Waals surface area contributed by atoms with Gasteiger partial charge in [-0.15, -0.1) is 0 Å². The van der Waals surface area contributed by atoms with E-state index >= 15 is 0 Å². The molecule has 2 radical (unpaired) electrons. The molecule has 2 aliphatic heterocycles. The maximum absolute atomic E-state index is 12.8. The van der Waals surface area contributed by atoms with Gasteiger partial charge in [-0.25, -0.2) is 0 Å². The number of nitrogens with one attached hydrogen (secondary N) is 6. The van der Waals surface area contributed by atoms with E-state index in [1.165, 1.54) is 29.4 Å². The minimum Gasteiger partial charge on any atom is -0.480 e. The topological polar surface area (TPSA) is 686 Å². The van der Waals surface area contributed by atoms with Gasteiger partial charge < -0.3 is 124 Å². The maximum Gasteiger partial charge on any atom is 3.00 e. The molecule has 6 amide bonds. The van der Waals surface area contributed by atoms with Crippen molar-refractivity contribution in [2.45, 2.75) is 184 Å². The minimum atomic E-state index is -1.35. The summed E-state index contributed by atoms with van der Waals surface area (Å²) in [5, 5.41) is 188. The molecule has 0 saturated carbocycles. The van der Waals surface area contributed by atoms with Crippen LogP contribution in [-0.4, -0.2) is 407 Å². The molecule has 0 aromatic carbocycles. The van der Waals surface area contributed by atoms with Crippen LogP contribution in [0.4, 0.5) is 0 Å². The minimum absolute atomic E-state index is 0. The molecule has 2 aliphatic rings. The maximum atomic E-state index is 12.8. The number of carboxylic acids is 6. The largest absolute Gasteiger partial charge is 3.00 e. The molecular weight excluding hydrogens is 1840 g/mol. The zero-order valence-electron chi connectivity index (χ0n) is 64.1. The van der Waals surface area contributed by atoms with Crippen molar-refractivity contribution in [1.82, 2.24) is 71.3 Å². The molecule has 4 heterocycles. The molecule has 662 valence electrons. The van der Waals surface area contributed by atoms with Crippen LogP contribution < -0.4 is 31.9 Å². The number of carbonyl (C=O) groups excluding carboxylic acids is 6. The van der Waals surface area contributed by atoms with E-state index in [1.807, 2.05) is 0 Å². The number of hydrogen-bond donors (Lipinski definition) is 24. The molecule has 0 aliphatic carbocycles. The number of amides is 6. The SMILES string of the molecule is C.O=C(CCC(C(=O)O)N1CCN(C(CCC(=O)NCC(O)CO)C(=O)O)Cc2cccc(n2)CN(C(CCC(=O)NCC(O)CO)C(=O)O)CC1)NCC(O)CO.O=C(CCC(C(=O)O)N1CCN(C(CCC(=O)NCC(O)CO)C(=O)O)Cc2cccc(n2)CN(C(CCC(=O)NCC(O)CO)C(=O)O)CC1)NCC(O)CO.[Gd+3].[Gd+3]. The second-order valence-electron chi connectivity index (χ2n) is 27.4. The van der Waals surface area contributed by atoms with Crippen LogP contribution in [-0.2, 0) is 83.7 Å². The monoisotopic (exact) mass is 1960 g/mol. The van der Waals surface area contributed by atoms with Gasteiger partial charge in [0.25, 0.3) is 0 Å². The molecule has 117 heavy (non-hydrogen) atoms. The molecule has 46 heteroatoms. The average molecular weight is 1960 g/mol. The summed E-state index contributed by atoms with van der Waals surface area (Å²) in [6, 6.07) is 1.99. The first-order valence-corrected chi connectivity index (χ1v) is 37.2. The number of carbonyl (C=O) groups is 12. The van der Waals surface area contributed by atoms with Gasteiger partial charge in [0, 0.05) is 156 Å². The number of rotatable bonds is 48. The van der Waals surface area contributed by atoms with Gasteiger partial charge in [0.1, 0.15) is 36.3 Å². The average Bonchev–Trinajstić information content (AvgIpc) is 0.833. The molecule has 2 aromatic rings. The Balaban J connectivity index is 0.00000224. The molecular formula is C71H118Gd2N14O30+6. The predicted molar refractivity (Wildman–Crippen MR) is 401 cm³/mol. The van der Waals surface area contributed by atoms with Gasteiger partial charge >= 0.3 is 116 Å². The second-order valence-corrected chi connectivity index (χ2v) is 27.4. The predicted octanol–water partition coefficient (Wildman–Crippen LogP) is -9.14. The van der Waals surface area contributed by atoms with Gasteiger partial charge in [0.15, 0.2) is 0 Å². The summed E-state index contributed by atoms with van der Waals surface area (Å²) in [4.78, 5) is 170. The van der Waals surface area contributed by atoms with E-state index in [1.54, 1.807) is 36.4 Å². The number of pyridine rings is 2. The zero-order chi connectivity index (χ0) is 85.0. The van der Waals surface area contributed by atoms with E-state index in [-0.39, 0.29) is 282 Å². The van der Waals surface area contributed by atoms with Crippen molar-refractivity contribution >= 4 is 71.3 Å². The van der Waals surface area contributed by atoms with Crippen LogP contribution in [0.2, 0.25) is 0 Å². The van der Waals surface area contributed by atoms with E-state index < -0.39 is 184 Å². The first-order valence-electron chi connectivity index (χ1n) is 37.2. The molecule has 4 rings (SSSR count). The summed E-state index contributed by atoms with van der Waals surface area (Å²) in [6.07, 6.45) is -10.3. The summed E-state index contributed by atoms with van der Waals surface area (Å²) >= 11 is 0. The summed E-state index contributed by atoms with van der Waals surface area (Å²) in [5.41, 5.74) is 1.52. The molecule has 2 aromatic heterocycles. The Hall–Kier alpha value is -6.13. The van der Waals surface area contributed by atoms with Crippen LogP contribution >= 0.6 is 0 Å². The summed E-state index contributed by atoms with van der Waals surface area (Å²) in [7, 11) is 0. The van der Waals surface area contributed by atoms with Crippen molar-refractivity contribution < 1.29 is 229 Å². The van der Waals surface area contributed by atoms with Gasteiger partial charge in [0.2, 0.25) is 35.4 Å². The molecule has 12 unspecified atom stereocenters. The number of aliphatic hydroxyl groups excluding tert-OH is 12. The molecule has 44 nitrogen and oxygen atoms in total. The van der Waals surface area contributed by atoms with E-state index in [0.29, 0.717) is 22.8 Å². The normalized spacial score (nSPS) is 17.3. The second kappa shape index (κ2) is 61.2. The smallest absolute Gasteiger partial charge is 0.480 e. The molecule has 12 atom stereocenters. The Kier molecular flexibility index (Phi) is 58.0. The molecule has 0 fully saturated rings. The number of fused-ring (bicyclic) bond motifs is 4. The fraction of sp³-hybridized carbons (Fsp3) is 0.690. The van der Waals surface area contributed by atoms with Crippen molar-refractivity contribution in [3.8, 4) is 0 Å². The van der Waals surface area contributed by atoms with Crippen LogP contribution in [0.5, 0.6) is 0 Å². The first-order chi connectivity index (χ1) is 54.1. The Morgan fingerprint density at radius 3 is 0.573 bits per heavy atom. The van der Waals surface area contributed by atoms with Gasteiger partial charge in [-0.3, -0.25) is 96.9 Å². The number of aliphatic hydroxyl groups is 12. The van der Waals surface area contributed by atoms with Crippen molar-refractivity contribution in [3.05, 3.63) is 59.2 Å². The Labute approximate surface area is 740 Å². The Bertz CT molecular complexity index is 2990. The van der Waals surface area contributed by atoms with Crippen molar-refractivity contribution in [1.29, 1.82) is 0 Å². The quantitative estimate of drug-likeness (QED) is 0.0293. The third-order valence-corrected chi connectivity index (χ3v) is 18.6. The first kappa shape index (κ1) is 111. The van der Waals surface area contributed by atoms with Crippen LogP contribution in [0, 0.1) is 79.9 Å². The van der Waals surface area contributed by atoms with E-state index in [0.717, 1.165) is 0 Å². The van der Waals surface area contributed by atoms with Gasteiger partial charge in [-0.05, 0) is 62.8 Å². The summed E-state index contributed by atoms with van der Waals surface area (Å²) in [5.74, 6) is -11.3. The van der Waals surface area contributed by atoms with Crippen LogP contribution in [0.25, 0.3) is 0 Å². The standard InChI is InChI=1S/2C35H57N7O15.CH4.2Gd/c2*43-19-24(46)14-36-30(49)7-4-27(33(52)53)40-10-12-41(28(34(54)55)5-8-31(50)37-15-25(47)20-44)17-22-2-1-3-23(39-22)18-42(13-11-40)29(35(56)57)6-9-32(51)38-16-26(48)21-45;;;/h2*1-3,24-29,43-48H,4-21H2,(H,36,49)(H,37,50)(H,38,51)(H,52,53)(H,54,55)(H,56,57);1H4;;/q;;;2*+3. The molecule has 0 saturated heterocycles. The van der Waals surface area contributed by atoms with Crippen molar-refractivity contribution in [3.63, 3.8) is 0 Å². The Morgan fingerprint density at radius 1 is 0.282 bits per heavy atom. The van der Waals surface area contributed by atoms with Crippen LogP contribution in [0.1, 0.15) is 107 Å². The number of nitrogens with zero attached hydrogens (tertiary/aromatic N) is 8. The van der Waals surface area contributed by atoms with Gasteiger partial charge in [-0.1, -0.05) is 19.6 Å². The van der Waals surface area contributed by atoms with Gasteiger partial charge in [0.05, 0.1) is 99.0 Å².